The van der Waals surface area contributed by atoms with Gasteiger partial charge in [0.25, 0.3) is 5.91 Å². The topological polar surface area (TPSA) is 82.7 Å². The minimum Gasteiger partial charge on any atom is -0.497 e. The lowest BCUT2D eigenvalue weighted by Gasteiger charge is -2.18. The highest BCUT2D eigenvalue weighted by molar-refractivity contribution is 6.04. The van der Waals surface area contributed by atoms with Gasteiger partial charge in [-0.25, -0.2) is 4.79 Å². The van der Waals surface area contributed by atoms with Crippen molar-refractivity contribution in [3.63, 3.8) is 0 Å². The summed E-state index contributed by atoms with van der Waals surface area (Å²) in [5.41, 5.74) is 2.43. The smallest absolute Gasteiger partial charge is 0.323 e. The fourth-order valence-corrected chi connectivity index (χ4v) is 2.51. The number of rotatable bonds is 7. The van der Waals surface area contributed by atoms with Crippen molar-refractivity contribution in [1.82, 2.24) is 5.32 Å². The zero-order valence-electron chi connectivity index (χ0n) is 16.1. The molecular weight excluding hydrogens is 344 g/mol. The SMILES string of the molecule is CCCNC(=O)c1cc(NC(=O)Nc2cccc(OC)c2)ccc1N(C)C. The van der Waals surface area contributed by atoms with Gasteiger partial charge in [0.1, 0.15) is 5.75 Å². The van der Waals surface area contributed by atoms with Crippen LogP contribution in [0, 0.1) is 0 Å². The molecule has 7 heteroatoms. The molecule has 0 spiro atoms. The Kier molecular flexibility index (Phi) is 7.05. The third kappa shape index (κ3) is 5.64. The summed E-state index contributed by atoms with van der Waals surface area (Å²) in [4.78, 5) is 26.6. The molecule has 0 aliphatic heterocycles. The van der Waals surface area contributed by atoms with Crippen LogP contribution in [0.1, 0.15) is 23.7 Å². The van der Waals surface area contributed by atoms with E-state index in [1.165, 1.54) is 0 Å². The van der Waals surface area contributed by atoms with E-state index in [4.69, 9.17) is 4.74 Å². The highest BCUT2D eigenvalue weighted by Gasteiger charge is 2.14. The molecule has 3 N–H and O–H groups in total. The van der Waals surface area contributed by atoms with Gasteiger partial charge >= 0.3 is 6.03 Å². The first kappa shape index (κ1) is 20.1. The van der Waals surface area contributed by atoms with Crippen molar-refractivity contribution in [1.29, 1.82) is 0 Å². The summed E-state index contributed by atoms with van der Waals surface area (Å²) in [6, 6.07) is 11.9. The van der Waals surface area contributed by atoms with Gasteiger partial charge in [0, 0.05) is 43.8 Å². The van der Waals surface area contributed by atoms with Gasteiger partial charge in [0.05, 0.1) is 12.7 Å². The Labute approximate surface area is 159 Å². The minimum atomic E-state index is -0.402. The van der Waals surface area contributed by atoms with Crippen molar-refractivity contribution in [2.24, 2.45) is 0 Å². The molecule has 0 atom stereocenters. The number of nitrogens with zero attached hydrogens (tertiary/aromatic N) is 1. The van der Waals surface area contributed by atoms with E-state index in [1.807, 2.05) is 32.0 Å². The van der Waals surface area contributed by atoms with Gasteiger partial charge in [-0.2, -0.15) is 0 Å². The Morgan fingerprint density at radius 1 is 1.04 bits per heavy atom. The van der Waals surface area contributed by atoms with Crippen LogP contribution in [0.25, 0.3) is 0 Å². The first-order valence-corrected chi connectivity index (χ1v) is 8.76. The number of amides is 3. The largest absolute Gasteiger partial charge is 0.497 e. The second-order valence-electron chi connectivity index (χ2n) is 6.19. The monoisotopic (exact) mass is 370 g/mol. The first-order valence-electron chi connectivity index (χ1n) is 8.76. The van der Waals surface area contributed by atoms with E-state index in [2.05, 4.69) is 16.0 Å². The third-order valence-corrected chi connectivity index (χ3v) is 3.84. The molecule has 0 aromatic heterocycles. The van der Waals surface area contributed by atoms with Gasteiger partial charge in [-0.1, -0.05) is 13.0 Å². The quantitative estimate of drug-likeness (QED) is 0.696. The fourth-order valence-electron chi connectivity index (χ4n) is 2.51. The second kappa shape index (κ2) is 9.47. The van der Waals surface area contributed by atoms with E-state index >= 15 is 0 Å². The second-order valence-corrected chi connectivity index (χ2v) is 6.19. The Morgan fingerprint density at radius 2 is 1.74 bits per heavy atom. The number of methoxy groups -OCH3 is 1. The number of hydrogen-bond acceptors (Lipinski definition) is 4. The number of nitrogens with one attached hydrogen (secondary N) is 3. The summed E-state index contributed by atoms with van der Waals surface area (Å²) < 4.78 is 5.14. The molecule has 0 heterocycles. The summed E-state index contributed by atoms with van der Waals surface area (Å²) in [5.74, 6) is 0.482. The van der Waals surface area contributed by atoms with Crippen LogP contribution in [0.4, 0.5) is 21.9 Å². The molecule has 0 saturated carbocycles. The molecule has 0 unspecified atom stereocenters. The van der Waals surface area contributed by atoms with Crippen LogP contribution in [0.15, 0.2) is 42.5 Å². The maximum Gasteiger partial charge on any atom is 0.323 e. The zero-order chi connectivity index (χ0) is 19.8. The van der Waals surface area contributed by atoms with Crippen LogP contribution < -0.4 is 25.6 Å². The van der Waals surface area contributed by atoms with E-state index in [9.17, 15) is 9.59 Å². The van der Waals surface area contributed by atoms with Crippen LogP contribution in [0.2, 0.25) is 0 Å². The maximum atomic E-state index is 12.4. The molecule has 7 nitrogen and oxygen atoms in total. The van der Waals surface area contributed by atoms with Crippen LogP contribution in [-0.4, -0.2) is 39.7 Å². The Bertz CT molecular complexity index is 806. The third-order valence-electron chi connectivity index (χ3n) is 3.84. The molecule has 2 aromatic rings. The highest BCUT2D eigenvalue weighted by atomic mass is 16.5. The number of benzene rings is 2. The molecule has 0 saturated heterocycles. The van der Waals surface area contributed by atoms with Gasteiger partial charge < -0.3 is 25.6 Å². The molecule has 27 heavy (non-hydrogen) atoms. The van der Waals surface area contributed by atoms with Gasteiger partial charge in [-0.15, -0.1) is 0 Å². The van der Waals surface area contributed by atoms with E-state index in [0.717, 1.165) is 12.1 Å². The van der Waals surface area contributed by atoms with Gasteiger partial charge in [0.2, 0.25) is 0 Å². The molecule has 0 aliphatic carbocycles. The van der Waals surface area contributed by atoms with Crippen molar-refractivity contribution >= 4 is 29.0 Å². The normalized spacial score (nSPS) is 10.1. The van der Waals surface area contributed by atoms with Crippen LogP contribution in [0.3, 0.4) is 0 Å². The molecule has 2 rings (SSSR count). The molecule has 2 aromatic carbocycles. The summed E-state index contributed by atoms with van der Waals surface area (Å²) in [5, 5.41) is 8.37. The van der Waals surface area contributed by atoms with Crippen molar-refractivity contribution in [2.75, 3.05) is 43.3 Å². The predicted molar refractivity (Wildman–Crippen MR) is 109 cm³/mol. The van der Waals surface area contributed by atoms with Crippen LogP contribution in [-0.2, 0) is 0 Å². The lowest BCUT2D eigenvalue weighted by Crippen LogP contribution is -2.27. The number of ether oxygens (including phenoxy) is 1. The number of urea groups is 1. The molecule has 0 radical (unpaired) electrons. The van der Waals surface area contributed by atoms with E-state index in [-0.39, 0.29) is 5.91 Å². The standard InChI is InChI=1S/C20H26N4O3/c1-5-11-21-19(25)17-13-15(9-10-18(17)24(2)3)23-20(26)22-14-7-6-8-16(12-14)27-4/h6-10,12-13H,5,11H2,1-4H3,(H,21,25)(H2,22,23,26). The molecular formula is C20H26N4O3. The summed E-state index contributed by atoms with van der Waals surface area (Å²) in [7, 11) is 5.31. The molecule has 0 aliphatic rings. The minimum absolute atomic E-state index is 0.169. The Balaban J connectivity index is 2.15. The Morgan fingerprint density at radius 3 is 2.37 bits per heavy atom. The molecule has 0 fully saturated rings. The predicted octanol–water partition coefficient (Wildman–Crippen LogP) is 3.55. The first-order chi connectivity index (χ1) is 12.9. The van der Waals surface area contributed by atoms with Gasteiger partial charge in [-0.05, 0) is 36.8 Å². The molecule has 144 valence electrons. The van der Waals surface area contributed by atoms with E-state index in [1.54, 1.807) is 43.5 Å². The van der Waals surface area contributed by atoms with Crippen molar-refractivity contribution < 1.29 is 14.3 Å². The lowest BCUT2D eigenvalue weighted by atomic mass is 10.1. The van der Waals surface area contributed by atoms with Crippen molar-refractivity contribution in [2.45, 2.75) is 13.3 Å². The average Bonchev–Trinajstić information content (AvgIpc) is 2.65. The Hall–Kier alpha value is -3.22. The zero-order valence-corrected chi connectivity index (χ0v) is 16.1. The number of hydrogen-bond donors (Lipinski definition) is 3. The van der Waals surface area contributed by atoms with Gasteiger partial charge in [-0.3, -0.25) is 4.79 Å². The maximum absolute atomic E-state index is 12.4. The average molecular weight is 370 g/mol. The van der Waals surface area contributed by atoms with E-state index in [0.29, 0.717) is 29.2 Å². The van der Waals surface area contributed by atoms with Crippen LogP contribution in [0.5, 0.6) is 5.75 Å². The number of carbonyl (C=O) groups excluding carboxylic acids is 2. The van der Waals surface area contributed by atoms with Crippen LogP contribution >= 0.6 is 0 Å². The highest BCUT2D eigenvalue weighted by Crippen LogP contribution is 2.23. The number of carbonyl (C=O) groups is 2. The van der Waals surface area contributed by atoms with Crippen molar-refractivity contribution in [3.05, 3.63) is 48.0 Å². The fraction of sp³-hybridized carbons (Fsp3) is 0.300. The summed E-state index contributed by atoms with van der Waals surface area (Å²) in [6.07, 6.45) is 0.851. The summed E-state index contributed by atoms with van der Waals surface area (Å²) >= 11 is 0. The number of anilines is 3. The van der Waals surface area contributed by atoms with Crippen molar-refractivity contribution in [3.8, 4) is 5.75 Å². The summed E-state index contributed by atoms with van der Waals surface area (Å²) in [6.45, 7) is 2.59. The molecule has 0 bridgehead atoms. The molecule has 3 amide bonds. The van der Waals surface area contributed by atoms with E-state index < -0.39 is 6.03 Å². The lowest BCUT2D eigenvalue weighted by molar-refractivity contribution is 0.0954. The van der Waals surface area contributed by atoms with Gasteiger partial charge in [0.15, 0.2) is 0 Å².